The molecule has 4 nitrogen and oxygen atoms in total. The van der Waals surface area contributed by atoms with Gasteiger partial charge in [-0.15, -0.1) is 0 Å². The number of aromatic amines is 2. The summed E-state index contributed by atoms with van der Waals surface area (Å²) in [4.78, 5) is 16.7. The van der Waals surface area contributed by atoms with E-state index >= 15 is 0 Å². The van der Waals surface area contributed by atoms with Crippen molar-refractivity contribution in [2.45, 2.75) is 31.7 Å². The summed E-state index contributed by atoms with van der Waals surface area (Å²) in [5.41, 5.74) is 8.95. The Balaban J connectivity index is 1.96. The van der Waals surface area contributed by atoms with E-state index in [0.717, 1.165) is 16.6 Å². The lowest BCUT2D eigenvalue weighted by atomic mass is 9.92. The Hall–Kier alpha value is -1.55. The van der Waals surface area contributed by atoms with E-state index in [1.807, 2.05) is 18.2 Å². The molecule has 4 heteroatoms. The summed E-state index contributed by atoms with van der Waals surface area (Å²) < 4.78 is 0. The van der Waals surface area contributed by atoms with E-state index in [0.29, 0.717) is 5.92 Å². The lowest BCUT2D eigenvalue weighted by Gasteiger charge is -2.19. The summed E-state index contributed by atoms with van der Waals surface area (Å²) in [6.45, 7) is 0. The van der Waals surface area contributed by atoms with Crippen LogP contribution < -0.4 is 11.4 Å². The van der Waals surface area contributed by atoms with Crippen LogP contribution in [0.5, 0.6) is 0 Å². The average Bonchev–Trinajstić information content (AvgIpc) is 2.94. The second kappa shape index (κ2) is 4.04. The monoisotopic (exact) mass is 231 g/mol. The predicted octanol–water partition coefficient (Wildman–Crippen LogP) is 2.05. The second-order valence-corrected chi connectivity index (χ2v) is 4.95. The van der Waals surface area contributed by atoms with Crippen LogP contribution in [0.25, 0.3) is 11.0 Å². The fourth-order valence-electron chi connectivity index (χ4n) is 2.85. The largest absolute Gasteiger partial charge is 0.324 e. The number of nitrogens with two attached hydrogens (primary N) is 1. The lowest BCUT2D eigenvalue weighted by Crippen LogP contribution is -2.18. The second-order valence-electron chi connectivity index (χ2n) is 4.95. The molecule has 0 saturated heterocycles. The number of imidazole rings is 1. The zero-order valence-electron chi connectivity index (χ0n) is 9.70. The average molecular weight is 231 g/mol. The summed E-state index contributed by atoms with van der Waals surface area (Å²) in [6, 6.07) is 6.04. The molecule has 0 bridgehead atoms. The lowest BCUT2D eigenvalue weighted by molar-refractivity contribution is 0.445. The first kappa shape index (κ1) is 10.6. The fraction of sp³-hybridized carbons (Fsp3) is 0.462. The Labute approximate surface area is 99.2 Å². The predicted molar refractivity (Wildman–Crippen MR) is 67.8 cm³/mol. The fourth-order valence-corrected chi connectivity index (χ4v) is 2.85. The van der Waals surface area contributed by atoms with Gasteiger partial charge in [0.15, 0.2) is 0 Å². The summed E-state index contributed by atoms with van der Waals surface area (Å²) in [6.07, 6.45) is 5.04. The van der Waals surface area contributed by atoms with Gasteiger partial charge in [0.25, 0.3) is 0 Å². The van der Waals surface area contributed by atoms with E-state index in [-0.39, 0.29) is 11.7 Å². The normalized spacial score (nSPS) is 18.9. The molecular weight excluding hydrogens is 214 g/mol. The molecule has 4 N–H and O–H groups in total. The highest BCUT2D eigenvalue weighted by Gasteiger charge is 2.23. The van der Waals surface area contributed by atoms with Gasteiger partial charge in [-0.25, -0.2) is 4.79 Å². The molecule has 1 aromatic heterocycles. The minimum Gasteiger partial charge on any atom is -0.324 e. The number of hydrogen-bond donors (Lipinski definition) is 3. The van der Waals surface area contributed by atoms with Crippen molar-refractivity contribution < 1.29 is 0 Å². The molecule has 1 aliphatic carbocycles. The molecule has 1 atom stereocenters. The highest BCUT2D eigenvalue weighted by atomic mass is 16.1. The van der Waals surface area contributed by atoms with Crippen molar-refractivity contribution in [1.82, 2.24) is 9.97 Å². The molecule has 90 valence electrons. The molecule has 1 unspecified atom stereocenters. The van der Waals surface area contributed by atoms with Crippen molar-refractivity contribution >= 4 is 11.0 Å². The Kier molecular flexibility index (Phi) is 2.52. The Morgan fingerprint density at radius 1 is 1.18 bits per heavy atom. The van der Waals surface area contributed by atoms with Gasteiger partial charge in [0.2, 0.25) is 0 Å². The topological polar surface area (TPSA) is 74.7 Å². The van der Waals surface area contributed by atoms with E-state index in [4.69, 9.17) is 5.73 Å². The van der Waals surface area contributed by atoms with E-state index < -0.39 is 0 Å². The number of hydrogen-bond acceptors (Lipinski definition) is 2. The molecule has 0 amide bonds. The maximum atomic E-state index is 11.2. The smallest absolute Gasteiger partial charge is 0.323 e. The van der Waals surface area contributed by atoms with E-state index in [1.165, 1.54) is 25.7 Å². The maximum Gasteiger partial charge on any atom is 0.323 e. The van der Waals surface area contributed by atoms with Gasteiger partial charge in [0.1, 0.15) is 0 Å². The van der Waals surface area contributed by atoms with E-state index in [1.54, 1.807) is 0 Å². The zero-order valence-corrected chi connectivity index (χ0v) is 9.70. The zero-order chi connectivity index (χ0) is 11.8. The standard InChI is InChI=1S/C13H17N3O/c14-12(8-3-1-2-4-8)9-5-6-10-11(7-9)16-13(17)15-10/h5-8,12H,1-4,14H2,(H2,15,16,17). The van der Waals surface area contributed by atoms with Gasteiger partial charge in [-0.3, -0.25) is 0 Å². The number of rotatable bonds is 2. The van der Waals surface area contributed by atoms with Gasteiger partial charge < -0.3 is 15.7 Å². The number of H-pyrrole nitrogens is 2. The van der Waals surface area contributed by atoms with Gasteiger partial charge in [0, 0.05) is 6.04 Å². The molecule has 1 fully saturated rings. The highest BCUT2D eigenvalue weighted by molar-refractivity contribution is 5.75. The third-order valence-corrected chi connectivity index (χ3v) is 3.83. The minimum absolute atomic E-state index is 0.0975. The van der Waals surface area contributed by atoms with Gasteiger partial charge in [0.05, 0.1) is 11.0 Å². The number of aromatic nitrogens is 2. The first-order chi connectivity index (χ1) is 8.24. The molecule has 1 heterocycles. The molecule has 1 aromatic carbocycles. The quantitative estimate of drug-likeness (QED) is 0.740. The highest BCUT2D eigenvalue weighted by Crippen LogP contribution is 2.34. The number of fused-ring (bicyclic) bond motifs is 1. The van der Waals surface area contributed by atoms with Crippen molar-refractivity contribution in [3.63, 3.8) is 0 Å². The van der Waals surface area contributed by atoms with E-state index in [2.05, 4.69) is 9.97 Å². The number of benzene rings is 1. The van der Waals surface area contributed by atoms with Crippen LogP contribution in [0.2, 0.25) is 0 Å². The van der Waals surface area contributed by atoms with Crippen molar-refractivity contribution in [3.05, 3.63) is 34.2 Å². The molecule has 1 aliphatic rings. The number of nitrogens with one attached hydrogen (secondary N) is 2. The van der Waals surface area contributed by atoms with Crippen LogP contribution in [0.15, 0.2) is 23.0 Å². The van der Waals surface area contributed by atoms with Crippen LogP contribution in [0.1, 0.15) is 37.3 Å². The first-order valence-corrected chi connectivity index (χ1v) is 6.21. The molecule has 0 aliphatic heterocycles. The van der Waals surface area contributed by atoms with Crippen LogP contribution in [-0.2, 0) is 0 Å². The van der Waals surface area contributed by atoms with Gasteiger partial charge in [-0.1, -0.05) is 18.9 Å². The van der Waals surface area contributed by atoms with Crippen LogP contribution in [-0.4, -0.2) is 9.97 Å². The SMILES string of the molecule is NC(c1ccc2[nH]c(=O)[nH]c2c1)C1CCCC1. The van der Waals surface area contributed by atoms with Gasteiger partial charge in [-0.2, -0.15) is 0 Å². The third kappa shape index (κ3) is 1.89. The van der Waals surface area contributed by atoms with E-state index in [9.17, 15) is 4.79 Å². The molecule has 0 radical (unpaired) electrons. The van der Waals surface area contributed by atoms with Gasteiger partial charge in [-0.05, 0) is 36.5 Å². The maximum absolute atomic E-state index is 11.2. The van der Waals surface area contributed by atoms with Crippen LogP contribution in [0.3, 0.4) is 0 Å². The Morgan fingerprint density at radius 3 is 2.65 bits per heavy atom. The third-order valence-electron chi connectivity index (χ3n) is 3.83. The van der Waals surface area contributed by atoms with Crippen molar-refractivity contribution in [1.29, 1.82) is 0 Å². The Bertz CT molecular complexity index is 578. The van der Waals surface area contributed by atoms with Crippen LogP contribution in [0, 0.1) is 5.92 Å². The summed E-state index contributed by atoms with van der Waals surface area (Å²) in [7, 11) is 0. The molecule has 2 aromatic rings. The first-order valence-electron chi connectivity index (χ1n) is 6.21. The van der Waals surface area contributed by atoms with Crippen LogP contribution >= 0.6 is 0 Å². The van der Waals surface area contributed by atoms with Gasteiger partial charge >= 0.3 is 5.69 Å². The summed E-state index contributed by atoms with van der Waals surface area (Å²) in [5, 5.41) is 0. The molecule has 17 heavy (non-hydrogen) atoms. The van der Waals surface area contributed by atoms with Crippen molar-refractivity contribution in [2.24, 2.45) is 11.7 Å². The summed E-state index contributed by atoms with van der Waals surface area (Å²) in [5.74, 6) is 0.595. The van der Waals surface area contributed by atoms with Crippen molar-refractivity contribution in [3.8, 4) is 0 Å². The molecule has 1 saturated carbocycles. The minimum atomic E-state index is -0.161. The van der Waals surface area contributed by atoms with Crippen LogP contribution in [0.4, 0.5) is 0 Å². The van der Waals surface area contributed by atoms with Crippen molar-refractivity contribution in [2.75, 3.05) is 0 Å². The summed E-state index contributed by atoms with van der Waals surface area (Å²) >= 11 is 0. The molecular formula is C13H17N3O. The Morgan fingerprint density at radius 2 is 1.88 bits per heavy atom. The molecule has 0 spiro atoms. The molecule has 3 rings (SSSR count).